The predicted octanol–water partition coefficient (Wildman–Crippen LogP) is 0.300. The first-order chi connectivity index (χ1) is 5.81. The number of hydrogen-bond donors (Lipinski definition) is 2. The highest BCUT2D eigenvalue weighted by molar-refractivity contribution is 4.53. The SMILES string of the molecule is CCCCN(C)CCNCCO. The first-order valence-corrected chi connectivity index (χ1v) is 4.81. The van der Waals surface area contributed by atoms with Crippen molar-refractivity contribution in [1.29, 1.82) is 0 Å². The number of aliphatic hydroxyl groups is 1. The summed E-state index contributed by atoms with van der Waals surface area (Å²) >= 11 is 0. The molecule has 0 aromatic rings. The van der Waals surface area contributed by atoms with Crippen molar-refractivity contribution >= 4 is 0 Å². The van der Waals surface area contributed by atoms with Gasteiger partial charge in [-0.2, -0.15) is 0 Å². The van der Waals surface area contributed by atoms with E-state index in [1.54, 1.807) is 0 Å². The van der Waals surface area contributed by atoms with Crippen LogP contribution in [0.4, 0.5) is 0 Å². The molecule has 0 rings (SSSR count). The van der Waals surface area contributed by atoms with Gasteiger partial charge in [-0.25, -0.2) is 0 Å². The second-order valence-electron chi connectivity index (χ2n) is 3.13. The van der Waals surface area contributed by atoms with Gasteiger partial charge in [0, 0.05) is 19.6 Å². The number of nitrogens with zero attached hydrogens (tertiary/aromatic N) is 1. The van der Waals surface area contributed by atoms with Crippen molar-refractivity contribution in [1.82, 2.24) is 10.2 Å². The van der Waals surface area contributed by atoms with E-state index in [4.69, 9.17) is 5.11 Å². The Morgan fingerprint density at radius 1 is 1.25 bits per heavy atom. The molecule has 0 heterocycles. The lowest BCUT2D eigenvalue weighted by atomic mass is 10.3. The monoisotopic (exact) mass is 174 g/mol. The van der Waals surface area contributed by atoms with Gasteiger partial charge >= 0.3 is 0 Å². The van der Waals surface area contributed by atoms with E-state index < -0.39 is 0 Å². The molecule has 0 aromatic carbocycles. The summed E-state index contributed by atoms with van der Waals surface area (Å²) in [7, 11) is 2.14. The average Bonchev–Trinajstić information content (AvgIpc) is 2.09. The molecule has 0 radical (unpaired) electrons. The average molecular weight is 174 g/mol. The molecule has 2 N–H and O–H groups in total. The van der Waals surface area contributed by atoms with Crippen molar-refractivity contribution < 1.29 is 5.11 Å². The van der Waals surface area contributed by atoms with Gasteiger partial charge in [0.25, 0.3) is 0 Å². The van der Waals surface area contributed by atoms with Crippen molar-refractivity contribution in [2.75, 3.05) is 39.8 Å². The Labute approximate surface area is 75.8 Å². The highest BCUT2D eigenvalue weighted by atomic mass is 16.3. The van der Waals surface area contributed by atoms with E-state index in [1.165, 1.54) is 19.4 Å². The Kier molecular flexibility index (Phi) is 8.88. The molecule has 3 nitrogen and oxygen atoms in total. The van der Waals surface area contributed by atoms with Crippen LogP contribution in [0.2, 0.25) is 0 Å². The van der Waals surface area contributed by atoms with Crippen LogP contribution >= 0.6 is 0 Å². The van der Waals surface area contributed by atoms with E-state index in [0.717, 1.165) is 13.1 Å². The molecule has 12 heavy (non-hydrogen) atoms. The van der Waals surface area contributed by atoms with E-state index >= 15 is 0 Å². The quantitative estimate of drug-likeness (QED) is 0.520. The third-order valence-corrected chi connectivity index (χ3v) is 1.85. The van der Waals surface area contributed by atoms with Crippen LogP contribution in [0.5, 0.6) is 0 Å². The summed E-state index contributed by atoms with van der Waals surface area (Å²) in [5, 5.41) is 11.6. The number of unbranched alkanes of at least 4 members (excludes halogenated alkanes) is 1. The molecule has 0 saturated carbocycles. The number of hydrogen-bond acceptors (Lipinski definition) is 3. The van der Waals surface area contributed by atoms with Crippen molar-refractivity contribution in [3.63, 3.8) is 0 Å². The van der Waals surface area contributed by atoms with Crippen LogP contribution in [0.3, 0.4) is 0 Å². The second-order valence-corrected chi connectivity index (χ2v) is 3.13. The molecule has 0 bridgehead atoms. The maximum Gasteiger partial charge on any atom is 0.0555 e. The molecule has 74 valence electrons. The largest absolute Gasteiger partial charge is 0.395 e. The fraction of sp³-hybridized carbons (Fsp3) is 1.00. The van der Waals surface area contributed by atoms with E-state index in [2.05, 4.69) is 24.2 Å². The number of likely N-dealkylation sites (N-methyl/N-ethyl adjacent to an activating group) is 1. The molecule has 0 aliphatic carbocycles. The summed E-state index contributed by atoms with van der Waals surface area (Å²) in [5.41, 5.74) is 0. The normalized spacial score (nSPS) is 11.0. The summed E-state index contributed by atoms with van der Waals surface area (Å²) in [4.78, 5) is 2.31. The molecule has 3 heteroatoms. The van der Waals surface area contributed by atoms with Gasteiger partial charge in [0.15, 0.2) is 0 Å². The van der Waals surface area contributed by atoms with Crippen molar-refractivity contribution in [2.45, 2.75) is 19.8 Å². The Morgan fingerprint density at radius 2 is 2.00 bits per heavy atom. The standard InChI is InChI=1S/C9H22N2O/c1-3-4-7-11(2)8-5-10-6-9-12/h10,12H,3-9H2,1-2H3. The van der Waals surface area contributed by atoms with Crippen LogP contribution < -0.4 is 5.32 Å². The van der Waals surface area contributed by atoms with Crippen molar-refractivity contribution in [2.24, 2.45) is 0 Å². The summed E-state index contributed by atoms with van der Waals surface area (Å²) in [6.07, 6.45) is 2.53. The van der Waals surface area contributed by atoms with Crippen LogP contribution in [0, 0.1) is 0 Å². The van der Waals surface area contributed by atoms with Gasteiger partial charge in [-0.05, 0) is 20.0 Å². The van der Waals surface area contributed by atoms with Crippen molar-refractivity contribution in [3.05, 3.63) is 0 Å². The van der Waals surface area contributed by atoms with Gasteiger partial charge in [-0.3, -0.25) is 0 Å². The maximum absolute atomic E-state index is 8.50. The molecular formula is C9H22N2O. The van der Waals surface area contributed by atoms with Gasteiger partial charge in [0.1, 0.15) is 0 Å². The highest BCUT2D eigenvalue weighted by Gasteiger charge is 1.95. The summed E-state index contributed by atoms with van der Waals surface area (Å²) in [5.74, 6) is 0. The molecular weight excluding hydrogens is 152 g/mol. The van der Waals surface area contributed by atoms with Gasteiger partial charge in [0.05, 0.1) is 6.61 Å². The zero-order valence-corrected chi connectivity index (χ0v) is 8.34. The maximum atomic E-state index is 8.50. The Balaban J connectivity index is 3.02. The highest BCUT2D eigenvalue weighted by Crippen LogP contribution is 1.89. The molecule has 0 spiro atoms. The third kappa shape index (κ3) is 7.98. The topological polar surface area (TPSA) is 35.5 Å². The Hall–Kier alpha value is -0.120. The van der Waals surface area contributed by atoms with E-state index in [9.17, 15) is 0 Å². The Morgan fingerprint density at radius 3 is 2.58 bits per heavy atom. The summed E-state index contributed by atoms with van der Waals surface area (Å²) in [6.45, 7) is 6.37. The fourth-order valence-corrected chi connectivity index (χ4v) is 1.01. The molecule has 0 aliphatic rings. The lowest BCUT2D eigenvalue weighted by Gasteiger charge is -2.15. The van der Waals surface area contributed by atoms with Crippen LogP contribution in [0.15, 0.2) is 0 Å². The van der Waals surface area contributed by atoms with E-state index in [1.807, 2.05) is 0 Å². The third-order valence-electron chi connectivity index (χ3n) is 1.85. The molecule has 0 amide bonds. The van der Waals surface area contributed by atoms with Crippen LogP contribution in [0.1, 0.15) is 19.8 Å². The smallest absolute Gasteiger partial charge is 0.0555 e. The van der Waals surface area contributed by atoms with Crippen LogP contribution in [0.25, 0.3) is 0 Å². The minimum Gasteiger partial charge on any atom is -0.395 e. The number of rotatable bonds is 8. The van der Waals surface area contributed by atoms with E-state index in [-0.39, 0.29) is 6.61 Å². The molecule has 0 atom stereocenters. The second kappa shape index (κ2) is 8.97. The van der Waals surface area contributed by atoms with Crippen LogP contribution in [-0.4, -0.2) is 49.8 Å². The fourth-order valence-electron chi connectivity index (χ4n) is 1.01. The molecule has 0 unspecified atom stereocenters. The minimum atomic E-state index is 0.235. The summed E-state index contributed by atoms with van der Waals surface area (Å²) < 4.78 is 0. The van der Waals surface area contributed by atoms with E-state index in [0.29, 0.717) is 6.54 Å². The predicted molar refractivity (Wildman–Crippen MR) is 52.4 cm³/mol. The van der Waals surface area contributed by atoms with Crippen molar-refractivity contribution in [3.8, 4) is 0 Å². The Bertz CT molecular complexity index is 88.6. The van der Waals surface area contributed by atoms with Gasteiger partial charge in [0.2, 0.25) is 0 Å². The van der Waals surface area contributed by atoms with Crippen LogP contribution in [-0.2, 0) is 0 Å². The zero-order valence-electron chi connectivity index (χ0n) is 8.34. The number of aliphatic hydroxyl groups excluding tert-OH is 1. The lowest BCUT2D eigenvalue weighted by molar-refractivity contribution is 0.281. The molecule has 0 saturated heterocycles. The zero-order chi connectivity index (χ0) is 9.23. The minimum absolute atomic E-state index is 0.235. The molecule has 0 aromatic heterocycles. The van der Waals surface area contributed by atoms with Gasteiger partial charge in [-0.15, -0.1) is 0 Å². The summed E-state index contributed by atoms with van der Waals surface area (Å²) in [6, 6.07) is 0. The first-order valence-electron chi connectivity index (χ1n) is 4.81. The van der Waals surface area contributed by atoms with Gasteiger partial charge in [-0.1, -0.05) is 13.3 Å². The molecule has 0 aliphatic heterocycles. The molecule has 0 fully saturated rings. The van der Waals surface area contributed by atoms with Gasteiger partial charge < -0.3 is 15.3 Å². The lowest BCUT2D eigenvalue weighted by Crippen LogP contribution is -2.31. The first kappa shape index (κ1) is 11.9. The number of nitrogens with one attached hydrogen (secondary N) is 1.